The molecule has 0 amide bonds. The predicted molar refractivity (Wildman–Crippen MR) is 85.1 cm³/mol. The van der Waals surface area contributed by atoms with Gasteiger partial charge in [-0.15, -0.1) is 0 Å². The Morgan fingerprint density at radius 2 is 1.86 bits per heavy atom. The Kier molecular flexibility index (Phi) is 4.85. The predicted octanol–water partition coefficient (Wildman–Crippen LogP) is 0.547. The molecule has 1 atom stereocenters. The van der Waals surface area contributed by atoms with E-state index in [0.29, 0.717) is 37.0 Å². The molecule has 7 heteroatoms. The molecule has 0 saturated heterocycles. The fraction of sp³-hybridized carbons (Fsp3) is 0.667. The molecule has 0 radical (unpaired) electrons. The molecule has 2 aromatic rings. The van der Waals surface area contributed by atoms with Crippen molar-refractivity contribution in [2.45, 2.75) is 52.2 Å². The summed E-state index contributed by atoms with van der Waals surface area (Å²) in [4.78, 5) is 29.4. The lowest BCUT2D eigenvalue weighted by Crippen LogP contribution is -2.39. The number of imidazole rings is 1. The van der Waals surface area contributed by atoms with Crippen LogP contribution in [0.2, 0.25) is 0 Å². The fourth-order valence-electron chi connectivity index (χ4n) is 2.71. The van der Waals surface area contributed by atoms with Gasteiger partial charge in [-0.3, -0.25) is 13.9 Å². The summed E-state index contributed by atoms with van der Waals surface area (Å²) in [5.74, 6) is 0.786. The zero-order chi connectivity index (χ0) is 16.4. The third kappa shape index (κ3) is 2.85. The summed E-state index contributed by atoms with van der Waals surface area (Å²) in [5, 5.41) is 9.26. The van der Waals surface area contributed by atoms with Crippen LogP contribution in [0.5, 0.6) is 0 Å². The summed E-state index contributed by atoms with van der Waals surface area (Å²) in [7, 11) is 3.45. The van der Waals surface area contributed by atoms with Gasteiger partial charge < -0.3 is 9.67 Å². The molecule has 0 fully saturated rings. The fourth-order valence-corrected chi connectivity index (χ4v) is 2.71. The van der Waals surface area contributed by atoms with Crippen LogP contribution in [0.15, 0.2) is 9.59 Å². The summed E-state index contributed by atoms with van der Waals surface area (Å²) < 4.78 is 4.47. The number of hydrogen-bond acceptors (Lipinski definition) is 4. The van der Waals surface area contributed by atoms with E-state index in [9.17, 15) is 14.7 Å². The van der Waals surface area contributed by atoms with Gasteiger partial charge >= 0.3 is 5.69 Å². The minimum atomic E-state index is -0.355. The standard InChI is InChI=1S/C15H24N4O3/c1-5-11-16-13-12(17(11)3)14(21)19(15(22)18(13)4)9-7-6-8-10(2)20/h10,20H,5-9H2,1-4H3. The molecule has 0 aliphatic heterocycles. The lowest BCUT2D eigenvalue weighted by Gasteiger charge is -2.09. The van der Waals surface area contributed by atoms with Gasteiger partial charge in [-0.1, -0.05) is 6.92 Å². The molecule has 2 heterocycles. The number of aryl methyl sites for hydroxylation is 3. The van der Waals surface area contributed by atoms with Crippen molar-refractivity contribution in [3.8, 4) is 0 Å². The van der Waals surface area contributed by atoms with Crippen LogP contribution in [0.4, 0.5) is 0 Å². The van der Waals surface area contributed by atoms with E-state index in [4.69, 9.17) is 0 Å². The first-order chi connectivity index (χ1) is 10.4. The Balaban J connectivity index is 2.45. The maximum Gasteiger partial charge on any atom is 0.332 e. The van der Waals surface area contributed by atoms with Crippen molar-refractivity contribution in [2.75, 3.05) is 0 Å². The minimum Gasteiger partial charge on any atom is -0.393 e. The second kappa shape index (κ2) is 6.48. The second-order valence-electron chi connectivity index (χ2n) is 5.76. The van der Waals surface area contributed by atoms with Gasteiger partial charge in [-0.2, -0.15) is 0 Å². The highest BCUT2D eigenvalue weighted by molar-refractivity contribution is 5.70. The van der Waals surface area contributed by atoms with Gasteiger partial charge in [0.05, 0.1) is 6.10 Å². The molecule has 0 bridgehead atoms. The summed E-state index contributed by atoms with van der Waals surface area (Å²) in [6.45, 7) is 4.06. The zero-order valence-corrected chi connectivity index (χ0v) is 13.7. The molecule has 0 aliphatic carbocycles. The SMILES string of the molecule is CCc1nc2c(c(=O)n(CCCCC(C)O)c(=O)n2C)n1C. The number of hydrogen-bond donors (Lipinski definition) is 1. The van der Waals surface area contributed by atoms with Gasteiger partial charge in [0.25, 0.3) is 5.56 Å². The Bertz CT molecular complexity index is 783. The normalized spacial score (nSPS) is 13.0. The molecule has 122 valence electrons. The number of unbranched alkanes of at least 4 members (excludes halogenated alkanes) is 1. The summed E-state index contributed by atoms with van der Waals surface area (Å²) in [6.07, 6.45) is 2.48. The number of aromatic nitrogens is 4. The van der Waals surface area contributed by atoms with Crippen molar-refractivity contribution < 1.29 is 5.11 Å². The van der Waals surface area contributed by atoms with E-state index < -0.39 is 0 Å². The van der Waals surface area contributed by atoms with E-state index in [-0.39, 0.29) is 17.4 Å². The summed E-state index contributed by atoms with van der Waals surface area (Å²) in [6, 6.07) is 0. The molecule has 2 rings (SSSR count). The van der Waals surface area contributed by atoms with Gasteiger partial charge in [-0.25, -0.2) is 9.78 Å². The van der Waals surface area contributed by atoms with Crippen molar-refractivity contribution in [1.29, 1.82) is 0 Å². The number of rotatable bonds is 6. The topological polar surface area (TPSA) is 82.1 Å². The van der Waals surface area contributed by atoms with Crippen LogP contribution in [-0.4, -0.2) is 29.9 Å². The lowest BCUT2D eigenvalue weighted by atomic mass is 10.2. The monoisotopic (exact) mass is 308 g/mol. The van der Waals surface area contributed by atoms with Crippen LogP contribution in [0.1, 0.15) is 38.9 Å². The van der Waals surface area contributed by atoms with E-state index in [2.05, 4.69) is 4.98 Å². The molecular weight excluding hydrogens is 284 g/mol. The van der Waals surface area contributed by atoms with Gasteiger partial charge in [0.1, 0.15) is 5.82 Å². The van der Waals surface area contributed by atoms with Gasteiger partial charge in [0, 0.05) is 27.1 Å². The molecule has 2 aromatic heterocycles. The van der Waals surface area contributed by atoms with E-state index in [0.717, 1.165) is 12.2 Å². The molecule has 0 aliphatic rings. The summed E-state index contributed by atoms with van der Waals surface area (Å²) >= 11 is 0. The second-order valence-corrected chi connectivity index (χ2v) is 5.76. The quantitative estimate of drug-likeness (QED) is 0.790. The Morgan fingerprint density at radius 3 is 2.45 bits per heavy atom. The van der Waals surface area contributed by atoms with Gasteiger partial charge in [0.2, 0.25) is 0 Å². The Morgan fingerprint density at radius 1 is 1.18 bits per heavy atom. The molecule has 22 heavy (non-hydrogen) atoms. The van der Waals surface area contributed by atoms with Gasteiger partial charge in [-0.05, 0) is 26.2 Å². The smallest absolute Gasteiger partial charge is 0.332 e. The molecule has 7 nitrogen and oxygen atoms in total. The van der Waals surface area contributed by atoms with E-state index >= 15 is 0 Å². The Labute approximate surface area is 128 Å². The largest absolute Gasteiger partial charge is 0.393 e. The van der Waals surface area contributed by atoms with Crippen LogP contribution in [0, 0.1) is 0 Å². The maximum absolute atomic E-state index is 12.6. The molecule has 0 spiro atoms. The van der Waals surface area contributed by atoms with Crippen LogP contribution < -0.4 is 11.2 Å². The first kappa shape index (κ1) is 16.5. The van der Waals surface area contributed by atoms with Crippen molar-refractivity contribution in [2.24, 2.45) is 14.1 Å². The number of nitrogens with zero attached hydrogens (tertiary/aromatic N) is 4. The zero-order valence-electron chi connectivity index (χ0n) is 13.7. The number of fused-ring (bicyclic) bond motifs is 1. The lowest BCUT2D eigenvalue weighted by molar-refractivity contribution is 0.180. The van der Waals surface area contributed by atoms with Crippen LogP contribution >= 0.6 is 0 Å². The van der Waals surface area contributed by atoms with Crippen molar-refractivity contribution in [3.63, 3.8) is 0 Å². The first-order valence-electron chi connectivity index (χ1n) is 7.71. The molecular formula is C15H24N4O3. The third-order valence-electron chi connectivity index (χ3n) is 4.02. The highest BCUT2D eigenvalue weighted by Crippen LogP contribution is 2.09. The highest BCUT2D eigenvalue weighted by Gasteiger charge is 2.17. The van der Waals surface area contributed by atoms with Crippen LogP contribution in [0.3, 0.4) is 0 Å². The number of aliphatic hydroxyl groups is 1. The molecule has 0 aromatic carbocycles. The Hall–Kier alpha value is -1.89. The summed E-state index contributed by atoms with van der Waals surface area (Å²) in [5.41, 5.74) is 0.282. The van der Waals surface area contributed by atoms with Gasteiger partial charge in [0.15, 0.2) is 11.2 Å². The highest BCUT2D eigenvalue weighted by atomic mass is 16.3. The van der Waals surface area contributed by atoms with Crippen LogP contribution in [-0.2, 0) is 27.1 Å². The van der Waals surface area contributed by atoms with E-state index in [1.54, 1.807) is 25.6 Å². The van der Waals surface area contributed by atoms with E-state index in [1.807, 2.05) is 6.92 Å². The first-order valence-corrected chi connectivity index (χ1v) is 7.71. The van der Waals surface area contributed by atoms with Crippen molar-refractivity contribution >= 4 is 11.2 Å². The van der Waals surface area contributed by atoms with Crippen LogP contribution in [0.25, 0.3) is 11.2 Å². The molecule has 1 unspecified atom stereocenters. The van der Waals surface area contributed by atoms with Crippen molar-refractivity contribution in [3.05, 3.63) is 26.7 Å². The minimum absolute atomic E-state index is 0.287. The van der Waals surface area contributed by atoms with E-state index in [1.165, 1.54) is 9.13 Å². The molecule has 1 N–H and O–H groups in total. The average molecular weight is 308 g/mol. The molecule has 0 saturated carbocycles. The number of aliphatic hydroxyl groups excluding tert-OH is 1. The van der Waals surface area contributed by atoms with Crippen molar-refractivity contribution in [1.82, 2.24) is 18.7 Å². The average Bonchev–Trinajstić information content (AvgIpc) is 2.81. The maximum atomic E-state index is 12.6. The third-order valence-corrected chi connectivity index (χ3v) is 4.02.